The molecule has 1 aromatic heterocycles. The van der Waals surface area contributed by atoms with Gasteiger partial charge in [0.25, 0.3) is 0 Å². The monoisotopic (exact) mass is 296 g/mol. The second-order valence-corrected chi connectivity index (χ2v) is 5.87. The Labute approximate surface area is 130 Å². The Bertz CT molecular complexity index is 620. The van der Waals surface area contributed by atoms with Gasteiger partial charge in [0.15, 0.2) is 5.82 Å². The summed E-state index contributed by atoms with van der Waals surface area (Å²) in [5, 5.41) is 11.7. The number of para-hydroxylation sites is 1. The fourth-order valence-corrected chi connectivity index (χ4v) is 2.74. The van der Waals surface area contributed by atoms with E-state index in [2.05, 4.69) is 60.6 Å². The van der Waals surface area contributed by atoms with Crippen LogP contribution in [0.15, 0.2) is 36.5 Å². The average molecular weight is 296 g/mol. The zero-order chi connectivity index (χ0) is 14.8. The van der Waals surface area contributed by atoms with Gasteiger partial charge in [-0.15, -0.1) is 5.10 Å². The van der Waals surface area contributed by atoms with Gasteiger partial charge in [-0.25, -0.2) is 0 Å². The predicted molar refractivity (Wildman–Crippen MR) is 87.3 cm³/mol. The van der Waals surface area contributed by atoms with Crippen LogP contribution in [0.3, 0.4) is 0 Å². The molecule has 2 aliphatic rings. The molecular formula is C16H20N6. The number of piperazine rings is 1. The maximum Gasteiger partial charge on any atom is 0.247 e. The van der Waals surface area contributed by atoms with E-state index >= 15 is 0 Å². The molecule has 2 fully saturated rings. The number of aromatic nitrogens is 3. The van der Waals surface area contributed by atoms with Crippen LogP contribution in [0, 0.1) is 0 Å². The Balaban J connectivity index is 1.40. The van der Waals surface area contributed by atoms with Crippen LogP contribution >= 0.6 is 0 Å². The lowest BCUT2D eigenvalue weighted by Gasteiger charge is -2.35. The number of nitrogens with zero attached hydrogens (tertiary/aromatic N) is 5. The smallest absolute Gasteiger partial charge is 0.247 e. The Kier molecular flexibility index (Phi) is 3.50. The van der Waals surface area contributed by atoms with E-state index in [-0.39, 0.29) is 0 Å². The minimum atomic E-state index is 0.583. The SMILES string of the molecule is c1ccc(N2CCN(c3nncc(NC4CC4)n3)CC2)cc1. The van der Waals surface area contributed by atoms with Crippen LogP contribution in [-0.2, 0) is 0 Å². The molecule has 1 aliphatic carbocycles. The molecule has 6 heteroatoms. The van der Waals surface area contributed by atoms with Crippen molar-refractivity contribution < 1.29 is 0 Å². The first-order valence-electron chi connectivity index (χ1n) is 7.90. The van der Waals surface area contributed by atoms with E-state index in [1.165, 1.54) is 18.5 Å². The van der Waals surface area contributed by atoms with E-state index in [1.807, 2.05) is 0 Å². The fourth-order valence-electron chi connectivity index (χ4n) is 2.74. The molecule has 0 bridgehead atoms. The quantitative estimate of drug-likeness (QED) is 0.928. The maximum atomic E-state index is 4.60. The molecule has 2 aromatic rings. The van der Waals surface area contributed by atoms with Gasteiger partial charge in [0.05, 0.1) is 6.20 Å². The first kappa shape index (κ1) is 13.3. The van der Waals surface area contributed by atoms with E-state index in [9.17, 15) is 0 Å². The molecule has 22 heavy (non-hydrogen) atoms. The molecule has 0 amide bonds. The fraction of sp³-hybridized carbons (Fsp3) is 0.438. The maximum absolute atomic E-state index is 4.60. The summed E-state index contributed by atoms with van der Waals surface area (Å²) in [4.78, 5) is 9.21. The van der Waals surface area contributed by atoms with Crippen LogP contribution in [0.1, 0.15) is 12.8 Å². The van der Waals surface area contributed by atoms with Crippen molar-refractivity contribution in [3.05, 3.63) is 36.5 Å². The lowest BCUT2D eigenvalue weighted by atomic mass is 10.2. The van der Waals surface area contributed by atoms with Crippen LogP contribution in [0.5, 0.6) is 0 Å². The molecule has 114 valence electrons. The van der Waals surface area contributed by atoms with Crippen LogP contribution in [-0.4, -0.2) is 47.4 Å². The molecule has 1 saturated heterocycles. The highest BCUT2D eigenvalue weighted by atomic mass is 15.4. The van der Waals surface area contributed by atoms with Crippen LogP contribution < -0.4 is 15.1 Å². The highest BCUT2D eigenvalue weighted by Gasteiger charge is 2.23. The molecule has 1 N–H and O–H groups in total. The minimum absolute atomic E-state index is 0.583. The van der Waals surface area contributed by atoms with Crippen LogP contribution in [0.25, 0.3) is 0 Å². The van der Waals surface area contributed by atoms with Crippen molar-refractivity contribution in [3.8, 4) is 0 Å². The third-order valence-corrected chi connectivity index (χ3v) is 4.16. The van der Waals surface area contributed by atoms with Gasteiger partial charge in [-0.2, -0.15) is 10.1 Å². The average Bonchev–Trinajstić information content (AvgIpc) is 3.40. The summed E-state index contributed by atoms with van der Waals surface area (Å²) in [6, 6.07) is 11.1. The molecule has 0 spiro atoms. The number of nitrogens with one attached hydrogen (secondary N) is 1. The normalized spacial score (nSPS) is 18.4. The Morgan fingerprint density at radius 1 is 0.955 bits per heavy atom. The van der Waals surface area contributed by atoms with Gasteiger partial charge in [0, 0.05) is 37.9 Å². The molecular weight excluding hydrogens is 276 g/mol. The van der Waals surface area contributed by atoms with E-state index in [4.69, 9.17) is 0 Å². The molecule has 0 radical (unpaired) electrons. The van der Waals surface area contributed by atoms with E-state index in [1.54, 1.807) is 6.20 Å². The van der Waals surface area contributed by atoms with Gasteiger partial charge in [-0.3, -0.25) is 0 Å². The molecule has 0 unspecified atom stereocenters. The number of hydrogen-bond acceptors (Lipinski definition) is 6. The number of hydrogen-bond donors (Lipinski definition) is 1. The van der Waals surface area contributed by atoms with Gasteiger partial charge in [0.2, 0.25) is 5.95 Å². The third-order valence-electron chi connectivity index (χ3n) is 4.16. The highest BCUT2D eigenvalue weighted by Crippen LogP contribution is 2.24. The first-order chi connectivity index (χ1) is 10.9. The van der Waals surface area contributed by atoms with E-state index in [0.717, 1.165) is 37.9 Å². The molecule has 0 atom stereocenters. The summed E-state index contributed by atoms with van der Waals surface area (Å²) in [6.07, 6.45) is 4.17. The summed E-state index contributed by atoms with van der Waals surface area (Å²) in [5.74, 6) is 1.58. The second-order valence-electron chi connectivity index (χ2n) is 5.87. The summed E-state index contributed by atoms with van der Waals surface area (Å²) in [6.45, 7) is 3.80. The largest absolute Gasteiger partial charge is 0.368 e. The number of rotatable bonds is 4. The van der Waals surface area contributed by atoms with Gasteiger partial charge in [-0.05, 0) is 25.0 Å². The summed E-state index contributed by atoms with van der Waals surface area (Å²) >= 11 is 0. The molecule has 1 aliphatic heterocycles. The van der Waals surface area contributed by atoms with Crippen molar-refractivity contribution in [2.75, 3.05) is 41.3 Å². The van der Waals surface area contributed by atoms with Gasteiger partial charge < -0.3 is 15.1 Å². The zero-order valence-corrected chi connectivity index (χ0v) is 12.5. The van der Waals surface area contributed by atoms with Crippen molar-refractivity contribution in [2.45, 2.75) is 18.9 Å². The topological polar surface area (TPSA) is 57.2 Å². The van der Waals surface area contributed by atoms with Crippen molar-refractivity contribution in [3.63, 3.8) is 0 Å². The molecule has 1 saturated carbocycles. The summed E-state index contributed by atoms with van der Waals surface area (Å²) in [5.41, 5.74) is 1.28. The van der Waals surface area contributed by atoms with Crippen molar-refractivity contribution in [2.24, 2.45) is 0 Å². The Morgan fingerprint density at radius 3 is 2.41 bits per heavy atom. The summed E-state index contributed by atoms with van der Waals surface area (Å²) in [7, 11) is 0. The summed E-state index contributed by atoms with van der Waals surface area (Å²) < 4.78 is 0. The van der Waals surface area contributed by atoms with Crippen molar-refractivity contribution in [1.82, 2.24) is 15.2 Å². The van der Waals surface area contributed by atoms with Gasteiger partial charge in [0.1, 0.15) is 0 Å². The third kappa shape index (κ3) is 2.95. The van der Waals surface area contributed by atoms with Crippen LogP contribution in [0.2, 0.25) is 0 Å². The van der Waals surface area contributed by atoms with E-state index < -0.39 is 0 Å². The Morgan fingerprint density at radius 2 is 1.68 bits per heavy atom. The standard InChI is InChI=1S/C16H20N6/c1-2-4-14(5-3-1)21-8-10-22(11-9-21)16-19-15(12-17-20-16)18-13-6-7-13/h1-5,12-13H,6-11H2,(H,18,19,20). The van der Waals surface area contributed by atoms with Gasteiger partial charge in [-0.1, -0.05) is 18.2 Å². The predicted octanol–water partition coefficient (Wildman–Crippen LogP) is 1.77. The molecule has 1 aromatic carbocycles. The molecule has 4 rings (SSSR count). The zero-order valence-electron chi connectivity index (χ0n) is 12.5. The number of benzene rings is 1. The van der Waals surface area contributed by atoms with E-state index in [0.29, 0.717) is 6.04 Å². The Hall–Kier alpha value is -2.37. The molecule has 6 nitrogen and oxygen atoms in total. The molecule has 2 heterocycles. The first-order valence-corrected chi connectivity index (χ1v) is 7.90. The lowest BCUT2D eigenvalue weighted by Crippen LogP contribution is -2.47. The second kappa shape index (κ2) is 5.79. The lowest BCUT2D eigenvalue weighted by molar-refractivity contribution is 0.635. The van der Waals surface area contributed by atoms with Crippen LogP contribution in [0.4, 0.5) is 17.5 Å². The van der Waals surface area contributed by atoms with Gasteiger partial charge >= 0.3 is 0 Å². The highest BCUT2D eigenvalue weighted by molar-refractivity contribution is 5.48. The minimum Gasteiger partial charge on any atom is -0.368 e. The van der Waals surface area contributed by atoms with Crippen molar-refractivity contribution in [1.29, 1.82) is 0 Å². The van der Waals surface area contributed by atoms with Crippen molar-refractivity contribution >= 4 is 17.5 Å². The number of anilines is 3.